The molecular formula is C15H10Cl2N4O. The Morgan fingerprint density at radius 2 is 1.95 bits per heavy atom. The molecule has 1 amide bonds. The summed E-state index contributed by atoms with van der Waals surface area (Å²) >= 11 is 12.1. The minimum Gasteiger partial charge on any atom is -0.320 e. The smallest absolute Gasteiger partial charge is 0.257 e. The number of carbonyl (C=O) groups excluding carboxylic acids is 1. The fraction of sp³-hybridized carbons (Fsp3) is 0. The maximum Gasteiger partial charge on any atom is 0.257 e. The van der Waals surface area contributed by atoms with Gasteiger partial charge >= 0.3 is 0 Å². The van der Waals surface area contributed by atoms with Gasteiger partial charge in [0.05, 0.1) is 22.0 Å². The van der Waals surface area contributed by atoms with E-state index in [2.05, 4.69) is 15.4 Å². The van der Waals surface area contributed by atoms with Gasteiger partial charge in [0.15, 0.2) is 0 Å². The van der Waals surface area contributed by atoms with Crippen molar-refractivity contribution in [2.75, 3.05) is 5.32 Å². The first-order valence-corrected chi connectivity index (χ1v) is 7.11. The van der Waals surface area contributed by atoms with Gasteiger partial charge in [0.2, 0.25) is 0 Å². The Morgan fingerprint density at radius 3 is 2.68 bits per heavy atom. The van der Waals surface area contributed by atoms with E-state index in [-0.39, 0.29) is 5.91 Å². The molecule has 0 saturated carbocycles. The number of aromatic nitrogens is 3. The summed E-state index contributed by atoms with van der Waals surface area (Å²) in [7, 11) is 0. The van der Waals surface area contributed by atoms with Crippen LogP contribution in [0.25, 0.3) is 5.69 Å². The van der Waals surface area contributed by atoms with Crippen LogP contribution in [0.4, 0.5) is 5.69 Å². The van der Waals surface area contributed by atoms with Crippen molar-refractivity contribution in [2.24, 2.45) is 0 Å². The molecule has 0 aliphatic carbocycles. The Morgan fingerprint density at radius 1 is 1.14 bits per heavy atom. The Balaban J connectivity index is 1.97. The normalized spacial score (nSPS) is 10.5. The van der Waals surface area contributed by atoms with Crippen molar-refractivity contribution < 1.29 is 4.79 Å². The summed E-state index contributed by atoms with van der Waals surface area (Å²) in [5.41, 5.74) is 1.55. The molecule has 110 valence electrons. The number of nitrogens with one attached hydrogen (secondary N) is 1. The molecule has 2 aromatic carbocycles. The molecule has 1 heterocycles. The summed E-state index contributed by atoms with van der Waals surface area (Å²) in [4.78, 5) is 16.3. The number of carbonyl (C=O) groups is 1. The lowest BCUT2D eigenvalue weighted by molar-refractivity contribution is 0.102. The molecule has 3 aromatic rings. The van der Waals surface area contributed by atoms with Crippen LogP contribution in [0.15, 0.2) is 55.1 Å². The number of halogens is 2. The van der Waals surface area contributed by atoms with Crippen molar-refractivity contribution in [2.45, 2.75) is 0 Å². The highest BCUT2D eigenvalue weighted by atomic mass is 35.5. The molecule has 0 radical (unpaired) electrons. The van der Waals surface area contributed by atoms with E-state index in [0.29, 0.717) is 27.0 Å². The average Bonchev–Trinajstić information content (AvgIpc) is 3.02. The summed E-state index contributed by atoms with van der Waals surface area (Å²) in [5, 5.41) is 7.74. The van der Waals surface area contributed by atoms with Crippen LogP contribution in [-0.2, 0) is 0 Å². The monoisotopic (exact) mass is 332 g/mol. The van der Waals surface area contributed by atoms with Crippen molar-refractivity contribution >= 4 is 34.8 Å². The molecule has 0 fully saturated rings. The minimum atomic E-state index is -0.325. The van der Waals surface area contributed by atoms with Crippen molar-refractivity contribution in [3.05, 3.63) is 70.7 Å². The van der Waals surface area contributed by atoms with E-state index >= 15 is 0 Å². The highest BCUT2D eigenvalue weighted by Gasteiger charge is 2.13. The predicted molar refractivity (Wildman–Crippen MR) is 85.8 cm³/mol. The topological polar surface area (TPSA) is 59.8 Å². The van der Waals surface area contributed by atoms with Gasteiger partial charge in [0, 0.05) is 5.02 Å². The molecule has 0 spiro atoms. The second-order valence-corrected chi connectivity index (χ2v) is 5.28. The summed E-state index contributed by atoms with van der Waals surface area (Å²) in [5.74, 6) is -0.325. The Hall–Kier alpha value is -2.37. The molecule has 0 atom stereocenters. The van der Waals surface area contributed by atoms with Crippen molar-refractivity contribution in [3.8, 4) is 5.69 Å². The van der Waals surface area contributed by atoms with Gasteiger partial charge in [-0.3, -0.25) is 4.79 Å². The standard InChI is InChI=1S/C15H10Cl2N4O/c16-10-5-6-14(21-9-18-8-19-21)13(7-10)20-15(22)11-3-1-2-4-12(11)17/h1-9H,(H,20,22). The van der Waals surface area contributed by atoms with Gasteiger partial charge in [-0.05, 0) is 30.3 Å². The first-order valence-electron chi connectivity index (χ1n) is 6.35. The number of nitrogens with zero attached hydrogens (tertiary/aromatic N) is 3. The van der Waals surface area contributed by atoms with Crippen LogP contribution >= 0.6 is 23.2 Å². The maximum atomic E-state index is 12.4. The summed E-state index contributed by atoms with van der Waals surface area (Å²) in [6.45, 7) is 0. The molecular weight excluding hydrogens is 323 g/mol. The van der Waals surface area contributed by atoms with Gasteiger partial charge in [-0.2, -0.15) is 5.10 Å². The Labute approximate surface area is 136 Å². The molecule has 7 heteroatoms. The lowest BCUT2D eigenvalue weighted by atomic mass is 10.2. The SMILES string of the molecule is O=C(Nc1cc(Cl)ccc1-n1cncn1)c1ccccc1Cl. The van der Waals surface area contributed by atoms with Gasteiger partial charge in [-0.25, -0.2) is 9.67 Å². The van der Waals surface area contributed by atoms with Crippen molar-refractivity contribution in [1.29, 1.82) is 0 Å². The van der Waals surface area contributed by atoms with E-state index < -0.39 is 0 Å². The largest absolute Gasteiger partial charge is 0.320 e. The van der Waals surface area contributed by atoms with Gasteiger partial charge in [-0.1, -0.05) is 35.3 Å². The average molecular weight is 333 g/mol. The fourth-order valence-electron chi connectivity index (χ4n) is 1.98. The highest BCUT2D eigenvalue weighted by Crippen LogP contribution is 2.25. The number of anilines is 1. The van der Waals surface area contributed by atoms with Crippen LogP contribution in [0.5, 0.6) is 0 Å². The maximum absolute atomic E-state index is 12.4. The molecule has 0 unspecified atom stereocenters. The number of amides is 1. The number of rotatable bonds is 3. The molecule has 1 N–H and O–H groups in total. The summed E-state index contributed by atoms with van der Waals surface area (Å²) in [6, 6.07) is 11.9. The molecule has 0 bridgehead atoms. The molecule has 0 aliphatic heterocycles. The first-order chi connectivity index (χ1) is 10.6. The van der Waals surface area contributed by atoms with Gasteiger partial charge in [0.25, 0.3) is 5.91 Å². The van der Waals surface area contributed by atoms with E-state index in [1.165, 1.54) is 12.7 Å². The van der Waals surface area contributed by atoms with Crippen LogP contribution in [-0.4, -0.2) is 20.7 Å². The van der Waals surface area contributed by atoms with Gasteiger partial charge in [-0.15, -0.1) is 0 Å². The molecule has 0 saturated heterocycles. The Kier molecular flexibility index (Phi) is 4.09. The molecule has 5 nitrogen and oxygen atoms in total. The zero-order valence-corrected chi connectivity index (χ0v) is 12.7. The van der Waals surface area contributed by atoms with E-state index in [1.54, 1.807) is 47.1 Å². The fourth-order valence-corrected chi connectivity index (χ4v) is 2.37. The third-order valence-electron chi connectivity index (χ3n) is 2.99. The second-order valence-electron chi connectivity index (χ2n) is 4.44. The second kappa shape index (κ2) is 6.17. The Bertz CT molecular complexity index is 818. The third kappa shape index (κ3) is 2.95. The zero-order chi connectivity index (χ0) is 15.5. The number of hydrogen-bond acceptors (Lipinski definition) is 3. The van der Waals surface area contributed by atoms with E-state index in [4.69, 9.17) is 23.2 Å². The number of benzene rings is 2. The van der Waals surface area contributed by atoms with Crippen LogP contribution in [0, 0.1) is 0 Å². The van der Waals surface area contributed by atoms with E-state index in [1.807, 2.05) is 0 Å². The van der Waals surface area contributed by atoms with E-state index in [0.717, 1.165) is 0 Å². The molecule has 0 aliphatic rings. The summed E-state index contributed by atoms with van der Waals surface area (Å²) in [6.07, 6.45) is 2.95. The van der Waals surface area contributed by atoms with E-state index in [9.17, 15) is 4.79 Å². The quantitative estimate of drug-likeness (QED) is 0.792. The van der Waals surface area contributed by atoms with Gasteiger partial charge in [0.1, 0.15) is 12.7 Å². The van der Waals surface area contributed by atoms with Crippen LogP contribution < -0.4 is 5.32 Å². The lowest BCUT2D eigenvalue weighted by Crippen LogP contribution is -2.14. The van der Waals surface area contributed by atoms with Crippen LogP contribution in [0.1, 0.15) is 10.4 Å². The zero-order valence-electron chi connectivity index (χ0n) is 11.2. The molecule has 22 heavy (non-hydrogen) atoms. The molecule has 1 aromatic heterocycles. The lowest BCUT2D eigenvalue weighted by Gasteiger charge is -2.12. The van der Waals surface area contributed by atoms with Crippen molar-refractivity contribution in [1.82, 2.24) is 14.8 Å². The predicted octanol–water partition coefficient (Wildman–Crippen LogP) is 3.83. The van der Waals surface area contributed by atoms with Gasteiger partial charge < -0.3 is 5.32 Å². The minimum absolute atomic E-state index is 0.325. The van der Waals surface area contributed by atoms with Crippen LogP contribution in [0.3, 0.4) is 0 Å². The van der Waals surface area contributed by atoms with Crippen molar-refractivity contribution in [3.63, 3.8) is 0 Å². The third-order valence-corrected chi connectivity index (χ3v) is 3.56. The highest BCUT2D eigenvalue weighted by molar-refractivity contribution is 6.34. The summed E-state index contributed by atoms with van der Waals surface area (Å²) < 4.78 is 1.54. The van der Waals surface area contributed by atoms with Crippen LogP contribution in [0.2, 0.25) is 10.0 Å². The molecule has 3 rings (SSSR count). The first kappa shape index (κ1) is 14.6. The number of hydrogen-bond donors (Lipinski definition) is 1.